The number of rotatable bonds is 10. The van der Waals surface area contributed by atoms with Crippen LogP contribution < -0.4 is 4.72 Å². The Bertz CT molecular complexity index is 1100. The van der Waals surface area contributed by atoms with Gasteiger partial charge in [0.2, 0.25) is 0 Å². The van der Waals surface area contributed by atoms with Gasteiger partial charge in [0.05, 0.1) is 25.0 Å². The van der Waals surface area contributed by atoms with Gasteiger partial charge < -0.3 is 9.84 Å². The van der Waals surface area contributed by atoms with Gasteiger partial charge >= 0.3 is 10.3 Å². The SMILES string of the molecule is C=C[C@@]12CCc3cc(NS(=O)(=O)O)ccc3[C@H]1[C@@H](CCCCCCN1CCOCC1)C[C@@]1(C)[C@H]2CC[C@@H]1O. The molecule has 0 amide bonds. The number of nitrogens with one attached hydrogen (secondary N) is 1. The van der Waals surface area contributed by atoms with Gasteiger partial charge in [0.1, 0.15) is 0 Å². The second-order valence-electron chi connectivity index (χ2n) is 12.6. The van der Waals surface area contributed by atoms with Crippen molar-refractivity contribution in [3.05, 3.63) is 42.0 Å². The quantitative estimate of drug-likeness (QED) is 0.212. The molecule has 0 bridgehead atoms. The molecule has 1 saturated heterocycles. The summed E-state index contributed by atoms with van der Waals surface area (Å²) in [7, 11) is -4.31. The minimum Gasteiger partial charge on any atom is -0.393 e. The number of ether oxygens (including phenoxy) is 1. The highest BCUT2D eigenvalue weighted by Crippen LogP contribution is 2.69. The van der Waals surface area contributed by atoms with Crippen LogP contribution in [0, 0.1) is 22.7 Å². The van der Waals surface area contributed by atoms with E-state index in [0.29, 0.717) is 23.4 Å². The third-order valence-electron chi connectivity index (χ3n) is 10.5. The van der Waals surface area contributed by atoms with Crippen molar-refractivity contribution in [1.29, 1.82) is 0 Å². The van der Waals surface area contributed by atoms with E-state index in [2.05, 4.69) is 35.3 Å². The van der Waals surface area contributed by atoms with Crippen LogP contribution >= 0.6 is 0 Å². The van der Waals surface area contributed by atoms with Gasteiger partial charge in [-0.15, -0.1) is 6.58 Å². The second kappa shape index (κ2) is 11.2. The number of aliphatic hydroxyl groups is 1. The predicted octanol–water partition coefficient (Wildman–Crippen LogP) is 5.18. The molecular formula is C30H46N2O5S. The van der Waals surface area contributed by atoms with Crippen LogP contribution in [0.2, 0.25) is 0 Å². The fourth-order valence-electron chi connectivity index (χ4n) is 8.84. The first kappa shape index (κ1) is 28.1. The van der Waals surface area contributed by atoms with E-state index in [1.807, 2.05) is 6.07 Å². The van der Waals surface area contributed by atoms with Gasteiger partial charge in [0.25, 0.3) is 0 Å². The fourth-order valence-corrected chi connectivity index (χ4v) is 9.26. The minimum absolute atomic E-state index is 0.0590. The van der Waals surface area contributed by atoms with Crippen molar-refractivity contribution in [2.75, 3.05) is 37.6 Å². The molecule has 212 valence electrons. The molecular weight excluding hydrogens is 500 g/mol. The number of aliphatic hydroxyl groups excluding tert-OH is 1. The Morgan fingerprint density at radius 1 is 1.18 bits per heavy atom. The van der Waals surface area contributed by atoms with Crippen LogP contribution in [0.3, 0.4) is 0 Å². The van der Waals surface area contributed by atoms with E-state index in [0.717, 1.165) is 71.4 Å². The number of hydrogen-bond donors (Lipinski definition) is 3. The van der Waals surface area contributed by atoms with Gasteiger partial charge in [-0.25, -0.2) is 0 Å². The van der Waals surface area contributed by atoms with E-state index >= 15 is 0 Å². The van der Waals surface area contributed by atoms with Crippen LogP contribution in [0.1, 0.15) is 81.8 Å². The Morgan fingerprint density at radius 3 is 2.68 bits per heavy atom. The summed E-state index contributed by atoms with van der Waals surface area (Å²) in [5.41, 5.74) is 2.73. The van der Waals surface area contributed by atoms with Gasteiger partial charge in [0, 0.05) is 13.1 Å². The highest BCUT2D eigenvalue weighted by molar-refractivity contribution is 7.87. The van der Waals surface area contributed by atoms with E-state index < -0.39 is 10.3 Å². The Hall–Kier alpha value is -1.45. The molecule has 0 spiro atoms. The monoisotopic (exact) mass is 546 g/mol. The maximum Gasteiger partial charge on any atom is 0.357 e. The average Bonchev–Trinajstić information content (AvgIpc) is 3.19. The number of fused-ring (bicyclic) bond motifs is 5. The lowest BCUT2D eigenvalue weighted by molar-refractivity contribution is -0.0812. The molecule has 1 aromatic rings. The first-order valence-corrected chi connectivity index (χ1v) is 16.1. The number of hydrogen-bond acceptors (Lipinski definition) is 5. The number of allylic oxidation sites excluding steroid dienone is 1. The molecule has 2 saturated carbocycles. The smallest absolute Gasteiger partial charge is 0.357 e. The van der Waals surface area contributed by atoms with Crippen LogP contribution in [0.25, 0.3) is 0 Å². The van der Waals surface area contributed by atoms with Crippen LogP contribution in [0.15, 0.2) is 30.9 Å². The molecule has 6 atom stereocenters. The summed E-state index contributed by atoms with van der Waals surface area (Å²) in [5.74, 6) is 1.17. The Kier molecular flexibility index (Phi) is 8.28. The highest BCUT2D eigenvalue weighted by atomic mass is 32.2. The van der Waals surface area contributed by atoms with Gasteiger partial charge in [-0.05, 0) is 103 Å². The van der Waals surface area contributed by atoms with Gasteiger partial charge in [-0.1, -0.05) is 38.3 Å². The van der Waals surface area contributed by atoms with E-state index in [4.69, 9.17) is 4.74 Å². The van der Waals surface area contributed by atoms with Crippen LogP contribution in [0.4, 0.5) is 5.69 Å². The van der Waals surface area contributed by atoms with Crippen molar-refractivity contribution in [2.24, 2.45) is 22.7 Å². The van der Waals surface area contributed by atoms with Crippen molar-refractivity contribution in [2.45, 2.75) is 83.2 Å². The van der Waals surface area contributed by atoms with Crippen molar-refractivity contribution in [1.82, 2.24) is 4.90 Å². The largest absolute Gasteiger partial charge is 0.393 e. The highest BCUT2D eigenvalue weighted by Gasteiger charge is 2.63. The molecule has 0 unspecified atom stereocenters. The normalized spacial score (nSPS) is 35.2. The minimum atomic E-state index is -4.31. The molecule has 1 heterocycles. The van der Waals surface area contributed by atoms with Crippen molar-refractivity contribution < 1.29 is 22.8 Å². The van der Waals surface area contributed by atoms with E-state index in [-0.39, 0.29) is 16.9 Å². The van der Waals surface area contributed by atoms with Gasteiger partial charge in [-0.2, -0.15) is 8.42 Å². The van der Waals surface area contributed by atoms with Crippen LogP contribution in [0.5, 0.6) is 0 Å². The number of unbranched alkanes of at least 4 members (excludes halogenated alkanes) is 3. The molecule has 0 aromatic heterocycles. The molecule has 7 nitrogen and oxygen atoms in total. The van der Waals surface area contributed by atoms with Crippen molar-refractivity contribution >= 4 is 16.0 Å². The Balaban J connectivity index is 1.34. The molecule has 1 aromatic carbocycles. The second-order valence-corrected chi connectivity index (χ2v) is 13.7. The average molecular weight is 547 g/mol. The summed E-state index contributed by atoms with van der Waals surface area (Å²) in [4.78, 5) is 2.51. The maximum atomic E-state index is 11.4. The number of anilines is 1. The number of nitrogens with zero attached hydrogens (tertiary/aromatic N) is 1. The molecule has 4 aliphatic rings. The summed E-state index contributed by atoms with van der Waals surface area (Å²) >= 11 is 0. The molecule has 3 fully saturated rings. The zero-order valence-electron chi connectivity index (χ0n) is 22.9. The number of benzene rings is 1. The topological polar surface area (TPSA) is 99.1 Å². The van der Waals surface area contributed by atoms with Crippen molar-refractivity contribution in [3.8, 4) is 0 Å². The maximum absolute atomic E-state index is 11.4. The molecule has 8 heteroatoms. The fraction of sp³-hybridized carbons (Fsp3) is 0.733. The van der Waals surface area contributed by atoms with E-state index in [1.165, 1.54) is 36.8 Å². The van der Waals surface area contributed by atoms with Crippen LogP contribution in [-0.4, -0.2) is 61.9 Å². The molecule has 3 aliphatic carbocycles. The van der Waals surface area contributed by atoms with E-state index in [9.17, 15) is 18.1 Å². The first-order chi connectivity index (χ1) is 18.2. The number of aryl methyl sites for hydroxylation is 1. The zero-order valence-corrected chi connectivity index (χ0v) is 23.7. The zero-order chi connectivity index (χ0) is 27.0. The number of morpholine rings is 1. The van der Waals surface area contributed by atoms with Crippen LogP contribution in [-0.2, 0) is 21.5 Å². The molecule has 5 rings (SSSR count). The first-order valence-electron chi connectivity index (χ1n) is 14.7. The summed E-state index contributed by atoms with van der Waals surface area (Å²) in [5, 5.41) is 11.2. The molecule has 0 radical (unpaired) electrons. The standard InChI is InChI=1S/C30H46N2O5S/c1-3-30-14-13-22-20-24(31-38(34,35)36)9-10-25(22)28(30)23(21-29(2)26(30)11-12-27(29)33)8-6-4-5-7-15-32-16-18-37-19-17-32/h3,9-10,20,23,26-28,31,33H,1,4-8,11-19,21H2,2H3,(H,34,35,36)/t23-,26+,27-,28+,29-,30-/m0/s1. The third kappa shape index (κ3) is 5.44. The lowest BCUT2D eigenvalue weighted by Gasteiger charge is -2.60. The van der Waals surface area contributed by atoms with Gasteiger partial charge in [-0.3, -0.25) is 14.2 Å². The lowest BCUT2D eigenvalue weighted by Crippen LogP contribution is -2.54. The predicted molar refractivity (Wildman–Crippen MR) is 151 cm³/mol. The van der Waals surface area contributed by atoms with Crippen molar-refractivity contribution in [3.63, 3.8) is 0 Å². The molecule has 38 heavy (non-hydrogen) atoms. The summed E-state index contributed by atoms with van der Waals surface area (Å²) in [6, 6.07) is 5.76. The summed E-state index contributed by atoms with van der Waals surface area (Å²) < 4.78 is 39.8. The molecule has 3 N–H and O–H groups in total. The van der Waals surface area contributed by atoms with Gasteiger partial charge in [0.15, 0.2) is 0 Å². The van der Waals surface area contributed by atoms with E-state index in [1.54, 1.807) is 6.07 Å². The molecule has 1 aliphatic heterocycles. The Labute approximate surface area is 228 Å². The summed E-state index contributed by atoms with van der Waals surface area (Å²) in [6.07, 6.45) is 12.7. The summed E-state index contributed by atoms with van der Waals surface area (Å²) in [6.45, 7) is 11.7. The Morgan fingerprint density at radius 2 is 1.95 bits per heavy atom. The lowest BCUT2D eigenvalue weighted by atomic mass is 9.44. The third-order valence-corrected chi connectivity index (χ3v) is 11.0.